The fourth-order valence-electron chi connectivity index (χ4n) is 5.15. The van der Waals surface area contributed by atoms with Crippen molar-refractivity contribution >= 4 is 23.4 Å². The molecule has 0 aliphatic carbocycles. The molecule has 7 heteroatoms. The van der Waals surface area contributed by atoms with Crippen LogP contribution in [0, 0.1) is 11.8 Å². The molecule has 3 heterocycles. The highest BCUT2D eigenvalue weighted by Crippen LogP contribution is 2.26. The van der Waals surface area contributed by atoms with Gasteiger partial charge in [0.2, 0.25) is 11.8 Å². The van der Waals surface area contributed by atoms with Gasteiger partial charge in [-0.3, -0.25) is 14.4 Å². The lowest BCUT2D eigenvalue weighted by Gasteiger charge is -2.36. The Kier molecular flexibility index (Phi) is 6.60. The van der Waals surface area contributed by atoms with Crippen molar-refractivity contribution in [2.45, 2.75) is 52.0 Å². The van der Waals surface area contributed by atoms with Crippen LogP contribution >= 0.6 is 0 Å². The number of benzene rings is 1. The van der Waals surface area contributed by atoms with Crippen molar-refractivity contribution in [2.75, 3.05) is 37.7 Å². The molecule has 1 aromatic carbocycles. The summed E-state index contributed by atoms with van der Waals surface area (Å²) in [4.78, 5) is 43.1. The van der Waals surface area contributed by atoms with Gasteiger partial charge in [0.05, 0.1) is 31.8 Å². The number of carbonyl (C=O) groups is 3. The molecule has 0 radical (unpaired) electrons. The zero-order valence-electron chi connectivity index (χ0n) is 18.6. The van der Waals surface area contributed by atoms with E-state index < -0.39 is 0 Å². The summed E-state index contributed by atoms with van der Waals surface area (Å²) in [6.45, 7) is 8.02. The molecular formula is C24H34N3O4+. The number of carbonyl (C=O) groups excluding carboxylic acids is 3. The maximum Gasteiger partial charge on any atom is 0.292 e. The largest absolute Gasteiger partial charge is 0.494 e. The van der Waals surface area contributed by atoms with Gasteiger partial charge in [0.25, 0.3) is 5.91 Å². The first-order valence-corrected chi connectivity index (χ1v) is 11.7. The summed E-state index contributed by atoms with van der Waals surface area (Å²) in [5, 5.41) is 0. The SMILES string of the molecule is CCOc1ccc(N2C(=O)C[C@H]([NH+]3CCC(C(=O)N4CCC(C)CC4)CC3)C2=O)cc1. The second-order valence-corrected chi connectivity index (χ2v) is 9.19. The number of ether oxygens (including phenoxy) is 1. The van der Waals surface area contributed by atoms with E-state index in [1.165, 1.54) is 4.90 Å². The molecule has 3 aliphatic rings. The number of quaternary nitrogens is 1. The summed E-state index contributed by atoms with van der Waals surface area (Å²) in [5.74, 6) is 1.51. The summed E-state index contributed by atoms with van der Waals surface area (Å²) >= 11 is 0. The number of amides is 3. The van der Waals surface area contributed by atoms with Crippen LogP contribution in [0.2, 0.25) is 0 Å². The van der Waals surface area contributed by atoms with E-state index in [-0.39, 0.29) is 36.1 Å². The molecule has 1 atom stereocenters. The molecule has 0 aromatic heterocycles. The number of hydrogen-bond acceptors (Lipinski definition) is 4. The smallest absolute Gasteiger partial charge is 0.292 e. The highest BCUT2D eigenvalue weighted by Gasteiger charge is 2.47. The second-order valence-electron chi connectivity index (χ2n) is 9.19. The van der Waals surface area contributed by atoms with Crippen LogP contribution in [0.5, 0.6) is 5.75 Å². The van der Waals surface area contributed by atoms with Crippen molar-refractivity contribution in [1.82, 2.24) is 4.90 Å². The van der Waals surface area contributed by atoms with Crippen LogP contribution in [-0.4, -0.2) is 61.4 Å². The Morgan fingerprint density at radius 3 is 2.32 bits per heavy atom. The van der Waals surface area contributed by atoms with Gasteiger partial charge in [-0.15, -0.1) is 0 Å². The number of hydrogen-bond donors (Lipinski definition) is 1. The Balaban J connectivity index is 1.34. The van der Waals surface area contributed by atoms with Gasteiger partial charge in [-0.2, -0.15) is 0 Å². The second kappa shape index (κ2) is 9.39. The van der Waals surface area contributed by atoms with Crippen molar-refractivity contribution < 1.29 is 24.0 Å². The van der Waals surface area contributed by atoms with E-state index in [0.29, 0.717) is 18.2 Å². The third-order valence-corrected chi connectivity index (χ3v) is 7.12. The predicted molar refractivity (Wildman–Crippen MR) is 117 cm³/mol. The average Bonchev–Trinajstić information content (AvgIpc) is 3.09. The number of nitrogens with one attached hydrogen (secondary N) is 1. The minimum atomic E-state index is -0.342. The highest BCUT2D eigenvalue weighted by atomic mass is 16.5. The molecule has 0 unspecified atom stereocenters. The zero-order chi connectivity index (χ0) is 22.0. The fourth-order valence-corrected chi connectivity index (χ4v) is 5.15. The first-order chi connectivity index (χ1) is 15.0. The fraction of sp³-hybridized carbons (Fsp3) is 0.625. The minimum absolute atomic E-state index is 0.0616. The molecule has 3 aliphatic heterocycles. The topological polar surface area (TPSA) is 71.4 Å². The number of rotatable bonds is 5. The van der Waals surface area contributed by atoms with Crippen molar-refractivity contribution in [2.24, 2.45) is 11.8 Å². The molecule has 31 heavy (non-hydrogen) atoms. The van der Waals surface area contributed by atoms with E-state index in [1.807, 2.05) is 11.8 Å². The molecule has 3 fully saturated rings. The lowest BCUT2D eigenvalue weighted by Crippen LogP contribution is -3.17. The normalized spacial score (nSPS) is 27.6. The third-order valence-electron chi connectivity index (χ3n) is 7.12. The Labute approximate surface area is 184 Å². The maximum atomic E-state index is 13.1. The Hall–Kier alpha value is -2.41. The molecule has 3 amide bonds. The Bertz CT molecular complexity index is 809. The number of piperidine rings is 2. The van der Waals surface area contributed by atoms with Crippen LogP contribution in [0.15, 0.2) is 24.3 Å². The lowest BCUT2D eigenvalue weighted by atomic mass is 9.92. The van der Waals surface area contributed by atoms with Crippen molar-refractivity contribution in [3.8, 4) is 5.75 Å². The van der Waals surface area contributed by atoms with Gasteiger partial charge in [-0.1, -0.05) is 6.92 Å². The van der Waals surface area contributed by atoms with Gasteiger partial charge in [-0.05, 0) is 49.9 Å². The molecule has 1 aromatic rings. The van der Waals surface area contributed by atoms with Crippen LogP contribution in [0.4, 0.5) is 5.69 Å². The van der Waals surface area contributed by atoms with Gasteiger partial charge in [-0.25, -0.2) is 4.90 Å². The minimum Gasteiger partial charge on any atom is -0.494 e. The molecule has 4 rings (SSSR count). The molecular weight excluding hydrogens is 394 g/mol. The van der Waals surface area contributed by atoms with Crippen molar-refractivity contribution in [3.05, 3.63) is 24.3 Å². The summed E-state index contributed by atoms with van der Waals surface area (Å²) in [6.07, 6.45) is 4.01. The van der Waals surface area contributed by atoms with E-state index in [0.717, 1.165) is 62.5 Å². The predicted octanol–water partition coefficient (Wildman–Crippen LogP) is 1.27. The molecule has 168 valence electrons. The van der Waals surface area contributed by atoms with Gasteiger partial charge >= 0.3 is 0 Å². The molecule has 0 saturated carbocycles. The molecule has 0 spiro atoms. The number of nitrogens with zero attached hydrogens (tertiary/aromatic N) is 2. The van der Waals surface area contributed by atoms with Crippen molar-refractivity contribution in [1.29, 1.82) is 0 Å². The van der Waals surface area contributed by atoms with Crippen LogP contribution in [-0.2, 0) is 14.4 Å². The van der Waals surface area contributed by atoms with Gasteiger partial charge in [0, 0.05) is 31.8 Å². The maximum absolute atomic E-state index is 13.1. The van der Waals surface area contributed by atoms with Gasteiger partial charge in [0.1, 0.15) is 5.75 Å². The molecule has 0 bridgehead atoms. The van der Waals surface area contributed by atoms with Crippen LogP contribution in [0.1, 0.15) is 46.0 Å². The molecule has 7 nitrogen and oxygen atoms in total. The Morgan fingerprint density at radius 1 is 1.06 bits per heavy atom. The van der Waals surface area contributed by atoms with Crippen LogP contribution in [0.25, 0.3) is 0 Å². The molecule has 3 saturated heterocycles. The van der Waals surface area contributed by atoms with E-state index in [1.54, 1.807) is 24.3 Å². The van der Waals surface area contributed by atoms with E-state index in [9.17, 15) is 14.4 Å². The number of anilines is 1. The van der Waals surface area contributed by atoms with Gasteiger partial charge in [0.15, 0.2) is 6.04 Å². The van der Waals surface area contributed by atoms with E-state index >= 15 is 0 Å². The van der Waals surface area contributed by atoms with Crippen molar-refractivity contribution in [3.63, 3.8) is 0 Å². The summed E-state index contributed by atoms with van der Waals surface area (Å²) in [7, 11) is 0. The molecule has 1 N–H and O–H groups in total. The first kappa shape index (κ1) is 21.8. The monoisotopic (exact) mass is 428 g/mol. The summed E-state index contributed by atoms with van der Waals surface area (Å²) < 4.78 is 5.45. The summed E-state index contributed by atoms with van der Waals surface area (Å²) in [6, 6.07) is 6.77. The van der Waals surface area contributed by atoms with E-state index in [4.69, 9.17) is 4.74 Å². The van der Waals surface area contributed by atoms with E-state index in [2.05, 4.69) is 6.92 Å². The highest BCUT2D eigenvalue weighted by molar-refractivity contribution is 6.21. The summed E-state index contributed by atoms with van der Waals surface area (Å²) in [5.41, 5.74) is 0.602. The van der Waals surface area contributed by atoms with Gasteiger partial charge < -0.3 is 14.5 Å². The number of likely N-dealkylation sites (tertiary alicyclic amines) is 2. The van der Waals surface area contributed by atoms with Crippen LogP contribution < -0.4 is 14.5 Å². The number of imide groups is 1. The standard InChI is InChI=1S/C24H33N3O4/c1-3-31-20-6-4-19(5-7-20)27-22(28)16-21(24(27)30)25-14-10-18(11-15-25)23(29)26-12-8-17(2)9-13-26/h4-7,17-18,21H,3,8-16H2,1-2H3/p+1/t21-/m0/s1. The van der Waals surface area contributed by atoms with Crippen LogP contribution in [0.3, 0.4) is 0 Å². The first-order valence-electron chi connectivity index (χ1n) is 11.7. The quantitative estimate of drug-likeness (QED) is 0.717. The third kappa shape index (κ3) is 4.61. The Morgan fingerprint density at radius 2 is 1.71 bits per heavy atom. The average molecular weight is 429 g/mol. The zero-order valence-corrected chi connectivity index (χ0v) is 18.6. The lowest BCUT2D eigenvalue weighted by molar-refractivity contribution is -0.920.